The number of halogens is 1. The van der Waals surface area contributed by atoms with Gasteiger partial charge in [-0.1, -0.05) is 19.3 Å². The van der Waals surface area contributed by atoms with Gasteiger partial charge in [-0.05, 0) is 55.9 Å². The number of hydrogen-bond acceptors (Lipinski definition) is 1. The molecule has 1 fully saturated rings. The summed E-state index contributed by atoms with van der Waals surface area (Å²) in [6.45, 7) is 0. The molecule has 1 aromatic heterocycles. The van der Waals surface area contributed by atoms with Crippen molar-refractivity contribution in [2.75, 3.05) is 0 Å². The van der Waals surface area contributed by atoms with Gasteiger partial charge in [-0.3, -0.25) is 4.79 Å². The van der Waals surface area contributed by atoms with Crippen LogP contribution in [0.3, 0.4) is 0 Å². The van der Waals surface area contributed by atoms with E-state index in [1.807, 2.05) is 0 Å². The number of aromatic nitrogens is 1. The van der Waals surface area contributed by atoms with Crippen LogP contribution in [0.5, 0.6) is 0 Å². The highest BCUT2D eigenvalue weighted by Gasteiger charge is 2.29. The summed E-state index contributed by atoms with van der Waals surface area (Å²) >= 11 is 0. The first kappa shape index (κ1) is 14.7. The summed E-state index contributed by atoms with van der Waals surface area (Å²) in [6.07, 6.45) is 8.43. The fraction of sp³-hybridized carbons (Fsp3) is 0.526. The van der Waals surface area contributed by atoms with Crippen molar-refractivity contribution in [1.82, 2.24) is 10.3 Å². The first-order valence-electron chi connectivity index (χ1n) is 8.80. The fourth-order valence-electron chi connectivity index (χ4n) is 4.18. The van der Waals surface area contributed by atoms with Crippen molar-refractivity contribution in [2.45, 2.75) is 57.4 Å². The summed E-state index contributed by atoms with van der Waals surface area (Å²) in [5.74, 6) is -0.00641. The first-order valence-corrected chi connectivity index (χ1v) is 8.80. The number of hydrogen-bond donors (Lipinski definition) is 2. The molecule has 4 heteroatoms. The van der Waals surface area contributed by atoms with Crippen molar-refractivity contribution in [2.24, 2.45) is 5.92 Å². The van der Waals surface area contributed by atoms with Gasteiger partial charge < -0.3 is 10.3 Å². The Balaban J connectivity index is 1.52. The predicted octanol–water partition coefficient (Wildman–Crippen LogP) is 3.86. The lowest BCUT2D eigenvalue weighted by molar-refractivity contribution is -0.126. The number of amides is 1. The molecule has 1 amide bonds. The zero-order valence-corrected chi connectivity index (χ0v) is 13.3. The van der Waals surface area contributed by atoms with Crippen LogP contribution in [0.1, 0.15) is 49.8 Å². The summed E-state index contributed by atoms with van der Waals surface area (Å²) in [5, 5.41) is 4.19. The third kappa shape index (κ3) is 2.87. The van der Waals surface area contributed by atoms with Crippen molar-refractivity contribution in [3.63, 3.8) is 0 Å². The van der Waals surface area contributed by atoms with Crippen LogP contribution < -0.4 is 5.32 Å². The SMILES string of the molecule is O=C(NC1CCCCC1)C1CCc2[nH]c3ccc(F)cc3c2C1. The average Bonchev–Trinajstić information content (AvgIpc) is 2.93. The Bertz CT molecular complexity index is 730. The van der Waals surface area contributed by atoms with E-state index in [4.69, 9.17) is 0 Å². The molecule has 1 heterocycles. The van der Waals surface area contributed by atoms with Crippen molar-refractivity contribution >= 4 is 16.8 Å². The molecule has 2 N–H and O–H groups in total. The lowest BCUT2D eigenvalue weighted by Gasteiger charge is -2.27. The highest BCUT2D eigenvalue weighted by Crippen LogP contribution is 2.32. The van der Waals surface area contributed by atoms with E-state index in [1.54, 1.807) is 12.1 Å². The molecule has 0 radical (unpaired) electrons. The van der Waals surface area contributed by atoms with Gasteiger partial charge in [0, 0.05) is 28.6 Å². The third-order valence-electron chi connectivity index (χ3n) is 5.47. The molecule has 23 heavy (non-hydrogen) atoms. The summed E-state index contributed by atoms with van der Waals surface area (Å²) < 4.78 is 13.6. The van der Waals surface area contributed by atoms with E-state index >= 15 is 0 Å². The van der Waals surface area contributed by atoms with E-state index in [9.17, 15) is 9.18 Å². The lowest BCUT2D eigenvalue weighted by Crippen LogP contribution is -2.41. The Morgan fingerprint density at radius 2 is 2.00 bits per heavy atom. The second-order valence-electron chi connectivity index (χ2n) is 7.06. The molecule has 1 unspecified atom stereocenters. The van der Waals surface area contributed by atoms with Gasteiger partial charge in [0.25, 0.3) is 0 Å². The predicted molar refractivity (Wildman–Crippen MR) is 88.8 cm³/mol. The Kier molecular flexibility index (Phi) is 3.83. The molecule has 2 aliphatic carbocycles. The number of fused-ring (bicyclic) bond motifs is 3. The molecule has 0 bridgehead atoms. The first-order chi connectivity index (χ1) is 11.2. The van der Waals surface area contributed by atoms with E-state index in [0.717, 1.165) is 48.6 Å². The summed E-state index contributed by atoms with van der Waals surface area (Å²) in [5.41, 5.74) is 3.28. The van der Waals surface area contributed by atoms with Crippen molar-refractivity contribution < 1.29 is 9.18 Å². The summed E-state index contributed by atoms with van der Waals surface area (Å²) in [4.78, 5) is 16.0. The minimum atomic E-state index is -0.215. The fourth-order valence-corrected chi connectivity index (χ4v) is 4.18. The maximum Gasteiger partial charge on any atom is 0.223 e. The van der Waals surface area contributed by atoms with Crippen LogP contribution >= 0.6 is 0 Å². The monoisotopic (exact) mass is 314 g/mol. The summed E-state index contributed by atoms with van der Waals surface area (Å²) in [6, 6.07) is 5.22. The number of nitrogens with one attached hydrogen (secondary N) is 2. The molecule has 4 rings (SSSR count). The van der Waals surface area contributed by atoms with Crippen molar-refractivity contribution in [1.29, 1.82) is 0 Å². The molecule has 3 nitrogen and oxygen atoms in total. The number of carbonyl (C=O) groups excluding carboxylic acids is 1. The van der Waals surface area contributed by atoms with Gasteiger partial charge in [-0.25, -0.2) is 4.39 Å². The molecule has 0 spiro atoms. The second-order valence-corrected chi connectivity index (χ2v) is 7.06. The van der Waals surface area contributed by atoms with E-state index < -0.39 is 0 Å². The van der Waals surface area contributed by atoms with Crippen LogP contribution in [-0.2, 0) is 17.6 Å². The smallest absolute Gasteiger partial charge is 0.223 e. The van der Waals surface area contributed by atoms with Crippen LogP contribution in [0, 0.1) is 11.7 Å². The maximum atomic E-state index is 13.6. The Hall–Kier alpha value is -1.84. The zero-order chi connectivity index (χ0) is 15.8. The number of benzene rings is 1. The Morgan fingerprint density at radius 3 is 2.83 bits per heavy atom. The molecule has 0 aliphatic heterocycles. The molecule has 0 saturated heterocycles. The van der Waals surface area contributed by atoms with E-state index in [-0.39, 0.29) is 17.6 Å². The number of rotatable bonds is 2. The van der Waals surface area contributed by atoms with Gasteiger partial charge in [0.15, 0.2) is 0 Å². The van der Waals surface area contributed by atoms with Gasteiger partial charge >= 0.3 is 0 Å². The number of H-pyrrole nitrogens is 1. The minimum absolute atomic E-state index is 0.0201. The van der Waals surface area contributed by atoms with E-state index in [1.165, 1.54) is 31.0 Å². The molecular weight excluding hydrogens is 291 g/mol. The lowest BCUT2D eigenvalue weighted by atomic mass is 9.85. The number of aromatic amines is 1. The highest BCUT2D eigenvalue weighted by atomic mass is 19.1. The van der Waals surface area contributed by atoms with Crippen LogP contribution in [0.15, 0.2) is 18.2 Å². The van der Waals surface area contributed by atoms with E-state index in [0.29, 0.717) is 6.04 Å². The minimum Gasteiger partial charge on any atom is -0.358 e. The summed E-state index contributed by atoms with van der Waals surface area (Å²) in [7, 11) is 0. The van der Waals surface area contributed by atoms with E-state index in [2.05, 4.69) is 10.3 Å². The van der Waals surface area contributed by atoms with Gasteiger partial charge in [0.2, 0.25) is 5.91 Å². The zero-order valence-electron chi connectivity index (χ0n) is 13.3. The topological polar surface area (TPSA) is 44.9 Å². The van der Waals surface area contributed by atoms with Crippen LogP contribution in [0.25, 0.3) is 10.9 Å². The standard InChI is InChI=1S/C19H23FN2O/c20-13-7-9-18-16(11-13)15-10-12(6-8-17(15)22-18)19(23)21-14-4-2-1-3-5-14/h7,9,11-12,14,22H,1-6,8,10H2,(H,21,23). The van der Waals surface area contributed by atoms with Crippen LogP contribution in [0.2, 0.25) is 0 Å². The molecule has 1 atom stereocenters. The van der Waals surface area contributed by atoms with Crippen molar-refractivity contribution in [3.05, 3.63) is 35.3 Å². The average molecular weight is 314 g/mol. The number of carbonyl (C=O) groups is 1. The second kappa shape index (κ2) is 5.99. The quantitative estimate of drug-likeness (QED) is 0.868. The third-order valence-corrected chi connectivity index (χ3v) is 5.47. The molecular formula is C19H23FN2O. The molecule has 122 valence electrons. The molecule has 2 aromatic rings. The Morgan fingerprint density at radius 1 is 1.17 bits per heavy atom. The largest absolute Gasteiger partial charge is 0.358 e. The molecule has 1 saturated carbocycles. The maximum absolute atomic E-state index is 13.6. The van der Waals surface area contributed by atoms with Gasteiger partial charge in [-0.2, -0.15) is 0 Å². The van der Waals surface area contributed by atoms with Gasteiger partial charge in [-0.15, -0.1) is 0 Å². The van der Waals surface area contributed by atoms with Crippen LogP contribution in [-0.4, -0.2) is 16.9 Å². The van der Waals surface area contributed by atoms with Crippen molar-refractivity contribution in [3.8, 4) is 0 Å². The normalized spacial score (nSPS) is 22.0. The van der Waals surface area contributed by atoms with Gasteiger partial charge in [0.1, 0.15) is 5.82 Å². The number of aryl methyl sites for hydroxylation is 1. The molecule has 1 aromatic carbocycles. The highest BCUT2D eigenvalue weighted by molar-refractivity contribution is 5.87. The van der Waals surface area contributed by atoms with Crippen LogP contribution in [0.4, 0.5) is 4.39 Å². The van der Waals surface area contributed by atoms with Gasteiger partial charge in [0.05, 0.1) is 0 Å². The Labute approximate surface area is 135 Å². The molecule has 2 aliphatic rings.